The zero-order valence-corrected chi connectivity index (χ0v) is 14.1. The van der Waals surface area contributed by atoms with E-state index in [1.807, 2.05) is 0 Å². The third kappa shape index (κ3) is 4.07. The molecule has 7 nitrogen and oxygen atoms in total. The summed E-state index contributed by atoms with van der Waals surface area (Å²) in [7, 11) is 0. The third-order valence-corrected chi connectivity index (χ3v) is 4.07. The number of amides is 3. The van der Waals surface area contributed by atoms with Gasteiger partial charge >= 0.3 is 0 Å². The SMILES string of the molecule is NC(=O)c1cccc(C(=O)Nc2cccc(C(=O)N3CCOCC3)c2)c1. The molecule has 1 aliphatic rings. The second-order valence-electron chi connectivity index (χ2n) is 5.88. The molecule has 26 heavy (non-hydrogen) atoms. The topological polar surface area (TPSA) is 102 Å². The monoisotopic (exact) mass is 353 g/mol. The van der Waals surface area contributed by atoms with Crippen molar-refractivity contribution in [2.75, 3.05) is 31.6 Å². The van der Waals surface area contributed by atoms with Crippen LogP contribution in [0.5, 0.6) is 0 Å². The number of hydrogen-bond acceptors (Lipinski definition) is 4. The van der Waals surface area contributed by atoms with Crippen molar-refractivity contribution in [2.24, 2.45) is 5.73 Å². The first-order chi connectivity index (χ1) is 12.5. The average molecular weight is 353 g/mol. The van der Waals surface area contributed by atoms with Crippen LogP contribution in [0, 0.1) is 0 Å². The molecule has 2 aromatic rings. The summed E-state index contributed by atoms with van der Waals surface area (Å²) in [5.41, 5.74) is 6.80. The van der Waals surface area contributed by atoms with Gasteiger partial charge in [-0.05, 0) is 36.4 Å². The highest BCUT2D eigenvalue weighted by Gasteiger charge is 2.19. The van der Waals surface area contributed by atoms with Gasteiger partial charge in [0.05, 0.1) is 13.2 Å². The number of morpholine rings is 1. The Morgan fingerprint density at radius 2 is 1.58 bits per heavy atom. The molecule has 3 rings (SSSR count). The van der Waals surface area contributed by atoms with Crippen LogP contribution in [0.2, 0.25) is 0 Å². The summed E-state index contributed by atoms with van der Waals surface area (Å²) in [5.74, 6) is -1.08. The number of nitrogens with one attached hydrogen (secondary N) is 1. The molecule has 0 aliphatic carbocycles. The number of anilines is 1. The van der Waals surface area contributed by atoms with E-state index >= 15 is 0 Å². The van der Waals surface area contributed by atoms with Gasteiger partial charge in [-0.15, -0.1) is 0 Å². The first-order valence-corrected chi connectivity index (χ1v) is 8.23. The Balaban J connectivity index is 1.74. The van der Waals surface area contributed by atoms with Crippen molar-refractivity contribution in [3.05, 3.63) is 65.2 Å². The first-order valence-electron chi connectivity index (χ1n) is 8.23. The smallest absolute Gasteiger partial charge is 0.255 e. The zero-order chi connectivity index (χ0) is 18.5. The van der Waals surface area contributed by atoms with Gasteiger partial charge in [-0.2, -0.15) is 0 Å². The fraction of sp³-hybridized carbons (Fsp3) is 0.211. The summed E-state index contributed by atoms with van der Waals surface area (Å²) < 4.78 is 5.25. The van der Waals surface area contributed by atoms with Gasteiger partial charge in [-0.1, -0.05) is 12.1 Å². The molecule has 1 aliphatic heterocycles. The summed E-state index contributed by atoms with van der Waals surface area (Å²) in [6, 6.07) is 12.9. The molecule has 0 bridgehead atoms. The van der Waals surface area contributed by atoms with Crippen LogP contribution in [0.25, 0.3) is 0 Å². The molecule has 0 unspecified atom stereocenters. The predicted octanol–water partition coefficient (Wildman–Crippen LogP) is 1.51. The lowest BCUT2D eigenvalue weighted by Crippen LogP contribution is -2.40. The molecule has 3 amide bonds. The van der Waals surface area contributed by atoms with E-state index in [1.165, 1.54) is 6.07 Å². The molecule has 0 aromatic heterocycles. The van der Waals surface area contributed by atoms with Crippen LogP contribution in [0.4, 0.5) is 5.69 Å². The highest BCUT2D eigenvalue weighted by atomic mass is 16.5. The van der Waals surface area contributed by atoms with Crippen molar-refractivity contribution in [3.63, 3.8) is 0 Å². The molecule has 0 atom stereocenters. The summed E-state index contributed by atoms with van der Waals surface area (Å²) in [4.78, 5) is 37.9. The third-order valence-electron chi connectivity index (χ3n) is 4.07. The van der Waals surface area contributed by atoms with Crippen LogP contribution >= 0.6 is 0 Å². The molecular formula is C19H19N3O4. The maximum Gasteiger partial charge on any atom is 0.255 e. The molecule has 7 heteroatoms. The zero-order valence-electron chi connectivity index (χ0n) is 14.1. The summed E-state index contributed by atoms with van der Waals surface area (Å²) in [6.07, 6.45) is 0. The molecule has 1 fully saturated rings. The number of rotatable bonds is 4. The van der Waals surface area contributed by atoms with Gasteiger partial charge in [0.1, 0.15) is 0 Å². The van der Waals surface area contributed by atoms with E-state index in [0.717, 1.165) is 0 Å². The molecule has 1 heterocycles. The van der Waals surface area contributed by atoms with Gasteiger partial charge in [0.2, 0.25) is 5.91 Å². The summed E-state index contributed by atoms with van der Waals surface area (Å²) in [6.45, 7) is 2.15. The van der Waals surface area contributed by atoms with Crippen molar-refractivity contribution in [2.45, 2.75) is 0 Å². The van der Waals surface area contributed by atoms with Gasteiger partial charge in [0.25, 0.3) is 11.8 Å². The molecule has 0 saturated carbocycles. The van der Waals surface area contributed by atoms with Crippen molar-refractivity contribution in [3.8, 4) is 0 Å². The maximum atomic E-state index is 12.5. The van der Waals surface area contributed by atoms with E-state index in [0.29, 0.717) is 43.1 Å². The number of nitrogens with zero attached hydrogens (tertiary/aromatic N) is 1. The van der Waals surface area contributed by atoms with Gasteiger partial charge in [0.15, 0.2) is 0 Å². The quantitative estimate of drug-likeness (QED) is 0.870. The highest BCUT2D eigenvalue weighted by molar-refractivity contribution is 6.06. The van der Waals surface area contributed by atoms with Crippen molar-refractivity contribution in [1.82, 2.24) is 4.90 Å². The number of hydrogen-bond donors (Lipinski definition) is 2. The van der Waals surface area contributed by atoms with Gasteiger partial charge in [-0.3, -0.25) is 14.4 Å². The first kappa shape index (κ1) is 17.6. The molecular weight excluding hydrogens is 334 g/mol. The second-order valence-corrected chi connectivity index (χ2v) is 5.88. The largest absolute Gasteiger partial charge is 0.378 e. The average Bonchev–Trinajstić information content (AvgIpc) is 2.68. The summed E-state index contributed by atoms with van der Waals surface area (Å²) in [5, 5.41) is 2.74. The van der Waals surface area contributed by atoms with Crippen LogP contribution in [0.15, 0.2) is 48.5 Å². The molecule has 134 valence electrons. The van der Waals surface area contributed by atoms with E-state index in [1.54, 1.807) is 47.4 Å². The van der Waals surface area contributed by atoms with Crippen LogP contribution in [0.3, 0.4) is 0 Å². The standard InChI is InChI=1S/C19H19N3O4/c20-17(23)13-3-1-4-14(11-13)18(24)21-16-6-2-5-15(12-16)19(25)22-7-9-26-10-8-22/h1-6,11-12H,7-10H2,(H2,20,23)(H,21,24). The number of ether oxygens (including phenoxy) is 1. The fourth-order valence-electron chi connectivity index (χ4n) is 2.70. The normalized spacial score (nSPS) is 13.9. The number of carbonyl (C=O) groups excluding carboxylic acids is 3. The van der Waals surface area contributed by atoms with Crippen LogP contribution in [-0.4, -0.2) is 48.9 Å². The minimum absolute atomic E-state index is 0.0971. The summed E-state index contributed by atoms with van der Waals surface area (Å²) >= 11 is 0. The lowest BCUT2D eigenvalue weighted by Gasteiger charge is -2.27. The fourth-order valence-corrected chi connectivity index (χ4v) is 2.70. The Bertz CT molecular complexity index is 844. The van der Waals surface area contributed by atoms with E-state index in [4.69, 9.17) is 10.5 Å². The Morgan fingerprint density at radius 3 is 2.31 bits per heavy atom. The Kier molecular flexibility index (Phi) is 5.28. The lowest BCUT2D eigenvalue weighted by atomic mass is 10.1. The maximum absolute atomic E-state index is 12.5. The van der Waals surface area contributed by atoms with Crippen LogP contribution in [0.1, 0.15) is 31.1 Å². The molecule has 2 aromatic carbocycles. The Labute approximate surface area is 150 Å². The van der Waals surface area contributed by atoms with Crippen LogP contribution < -0.4 is 11.1 Å². The van der Waals surface area contributed by atoms with E-state index in [2.05, 4.69) is 5.32 Å². The Hall–Kier alpha value is -3.19. The number of carbonyl (C=O) groups is 3. The van der Waals surface area contributed by atoms with Crippen molar-refractivity contribution in [1.29, 1.82) is 0 Å². The second kappa shape index (κ2) is 7.79. The molecule has 3 N–H and O–H groups in total. The van der Waals surface area contributed by atoms with Crippen molar-refractivity contribution >= 4 is 23.4 Å². The number of benzene rings is 2. The van der Waals surface area contributed by atoms with Crippen molar-refractivity contribution < 1.29 is 19.1 Å². The number of nitrogens with two attached hydrogens (primary N) is 1. The van der Waals surface area contributed by atoms with Gasteiger partial charge in [-0.25, -0.2) is 0 Å². The van der Waals surface area contributed by atoms with E-state index in [-0.39, 0.29) is 17.4 Å². The minimum Gasteiger partial charge on any atom is -0.378 e. The predicted molar refractivity (Wildman–Crippen MR) is 96.1 cm³/mol. The number of primary amides is 1. The molecule has 1 saturated heterocycles. The lowest BCUT2D eigenvalue weighted by molar-refractivity contribution is 0.0303. The van der Waals surface area contributed by atoms with E-state index < -0.39 is 5.91 Å². The highest BCUT2D eigenvalue weighted by Crippen LogP contribution is 2.15. The molecule has 0 spiro atoms. The van der Waals surface area contributed by atoms with Gasteiger partial charge < -0.3 is 20.7 Å². The Morgan fingerprint density at radius 1 is 0.923 bits per heavy atom. The molecule has 0 radical (unpaired) electrons. The van der Waals surface area contributed by atoms with E-state index in [9.17, 15) is 14.4 Å². The van der Waals surface area contributed by atoms with Crippen LogP contribution in [-0.2, 0) is 4.74 Å². The minimum atomic E-state index is -0.599. The van der Waals surface area contributed by atoms with Gasteiger partial charge in [0, 0.05) is 35.5 Å².